The fourth-order valence-corrected chi connectivity index (χ4v) is 0.671. The zero-order chi connectivity index (χ0) is 5.91. The Morgan fingerprint density at radius 2 is 1.75 bits per heavy atom. The molecule has 0 spiro atoms. The number of hydrogen-bond donors (Lipinski definition) is 1. The minimum Gasteiger partial charge on any atom is -1.00 e. The fourth-order valence-electron chi connectivity index (χ4n) is 0.224. The molecule has 0 radical (unpaired) electrons. The zero-order valence-corrected chi connectivity index (χ0v) is 8.53. The molecule has 0 aliphatic rings. The van der Waals surface area contributed by atoms with Crippen molar-refractivity contribution in [3.8, 4) is 0 Å². The van der Waals surface area contributed by atoms with E-state index in [-0.39, 0.29) is 40.6 Å². The molecule has 0 aromatic rings. The van der Waals surface area contributed by atoms with Crippen LogP contribution in [0, 0.1) is 0 Å². The molecule has 0 fully saturated rings. The third-order valence-corrected chi connectivity index (χ3v) is 2.96. The number of rotatable bonds is 2. The monoisotopic (exact) mass is 164 g/mol. The van der Waals surface area contributed by atoms with Crippen LogP contribution in [0.25, 0.3) is 0 Å². The Bertz CT molecular complexity index is 93.3. The second kappa shape index (κ2) is 5.25. The minimum atomic E-state index is -2.65. The van der Waals surface area contributed by atoms with Gasteiger partial charge in [-0.05, 0) is 0 Å². The van der Waals surface area contributed by atoms with Gasteiger partial charge in [0.1, 0.15) is 0 Å². The summed E-state index contributed by atoms with van der Waals surface area (Å²) >= 11 is 0. The van der Waals surface area contributed by atoms with Gasteiger partial charge in [0.15, 0.2) is 7.37 Å². The summed E-state index contributed by atoms with van der Waals surface area (Å²) in [6, 6.07) is 0. The van der Waals surface area contributed by atoms with Gasteiger partial charge < -0.3 is 7.75 Å². The Kier molecular flexibility index (Phi) is 7.98. The second-order valence-electron chi connectivity index (χ2n) is 1.48. The largest absolute Gasteiger partial charge is 2.00 e. The molecule has 0 saturated carbocycles. The molecule has 48 valence electrons. The van der Waals surface area contributed by atoms with Gasteiger partial charge in [-0.3, -0.25) is 4.57 Å². The van der Waals surface area contributed by atoms with E-state index in [4.69, 9.17) is 4.89 Å². The molecule has 0 unspecified atom stereocenters. The molecule has 0 atom stereocenters. The molecule has 8 heavy (non-hydrogen) atoms. The first-order valence-corrected chi connectivity index (χ1v) is 4.46. The van der Waals surface area contributed by atoms with Gasteiger partial charge in [-0.15, -0.1) is 0 Å². The van der Waals surface area contributed by atoms with E-state index in [0.29, 0.717) is 12.3 Å². The van der Waals surface area contributed by atoms with Crippen LogP contribution in [0.2, 0.25) is 0 Å². The summed E-state index contributed by atoms with van der Waals surface area (Å²) in [4.78, 5) is 8.69. The summed E-state index contributed by atoms with van der Waals surface area (Å²) in [6.45, 7) is 3.45. The van der Waals surface area contributed by atoms with E-state index in [9.17, 15) is 4.57 Å². The Morgan fingerprint density at radius 1 is 1.50 bits per heavy atom. The van der Waals surface area contributed by atoms with Crippen molar-refractivity contribution < 1.29 is 12.3 Å². The Hall–Kier alpha value is 1.45. The predicted octanol–water partition coefficient (Wildman–Crippen LogP) is 1.14. The van der Waals surface area contributed by atoms with Gasteiger partial charge in [0.25, 0.3) is 0 Å². The predicted molar refractivity (Wildman–Crippen MR) is 38.9 cm³/mol. The van der Waals surface area contributed by atoms with E-state index in [1.54, 1.807) is 13.8 Å². The van der Waals surface area contributed by atoms with E-state index >= 15 is 0 Å². The van der Waals surface area contributed by atoms with Crippen LogP contribution in [0.4, 0.5) is 0 Å². The van der Waals surface area contributed by atoms with Crippen LogP contribution in [0.15, 0.2) is 0 Å². The van der Waals surface area contributed by atoms with Gasteiger partial charge in [-0.2, -0.15) is 0 Å². The third-order valence-electron chi connectivity index (χ3n) is 0.988. The molecular formula is C4H13CaO2P. The van der Waals surface area contributed by atoms with Gasteiger partial charge in [0, 0.05) is 12.3 Å². The average molecular weight is 164 g/mol. The minimum absolute atomic E-state index is 0. The van der Waals surface area contributed by atoms with Gasteiger partial charge in [-0.1, -0.05) is 13.8 Å². The molecule has 0 heterocycles. The maximum absolute atomic E-state index is 10.5. The Labute approximate surface area is 83.1 Å². The maximum Gasteiger partial charge on any atom is 2.00 e. The van der Waals surface area contributed by atoms with Crippen molar-refractivity contribution in [1.82, 2.24) is 0 Å². The van der Waals surface area contributed by atoms with Crippen molar-refractivity contribution in [3.63, 3.8) is 0 Å². The van der Waals surface area contributed by atoms with Gasteiger partial charge in [0.05, 0.1) is 0 Å². The zero-order valence-electron chi connectivity index (χ0n) is 7.42. The van der Waals surface area contributed by atoms with E-state index in [0.717, 1.165) is 0 Å². The standard InChI is InChI=1S/C4H11O2P.Ca.2H/c1-3-7(5,6)4-2;;;/h3-4H2,1-2H3,(H,5,6);;;/q;+2;2*-1. The first-order chi connectivity index (χ1) is 3.12. The molecule has 0 aliphatic heterocycles. The van der Waals surface area contributed by atoms with Gasteiger partial charge in [-0.25, -0.2) is 0 Å². The molecule has 0 amide bonds. The molecule has 1 N–H and O–H groups in total. The second-order valence-corrected chi connectivity index (χ2v) is 4.44. The Morgan fingerprint density at radius 3 is 1.75 bits per heavy atom. The average Bonchev–Trinajstić information content (AvgIpc) is 1.68. The SMILES string of the molecule is CCP(=O)(O)CC.[Ca+2].[H-].[H-]. The van der Waals surface area contributed by atoms with Crippen LogP contribution >= 0.6 is 7.37 Å². The van der Waals surface area contributed by atoms with Crippen LogP contribution in [0.1, 0.15) is 16.7 Å². The summed E-state index contributed by atoms with van der Waals surface area (Å²) < 4.78 is 10.5. The maximum atomic E-state index is 10.5. The van der Waals surface area contributed by atoms with Crippen molar-refractivity contribution in [2.45, 2.75) is 13.8 Å². The molecule has 4 heteroatoms. The summed E-state index contributed by atoms with van der Waals surface area (Å²) in [6.07, 6.45) is 0.812. The Balaban J connectivity index is -0.0000000600. The number of hydrogen-bond acceptors (Lipinski definition) is 1. The van der Waals surface area contributed by atoms with Crippen LogP contribution in [0.3, 0.4) is 0 Å². The summed E-state index contributed by atoms with van der Waals surface area (Å²) in [5.74, 6) is 0. The van der Waals surface area contributed by atoms with E-state index in [2.05, 4.69) is 0 Å². The topological polar surface area (TPSA) is 37.3 Å². The summed E-state index contributed by atoms with van der Waals surface area (Å²) in [5.41, 5.74) is 0. The summed E-state index contributed by atoms with van der Waals surface area (Å²) in [7, 11) is -2.65. The normalized spacial score (nSPS) is 10.4. The van der Waals surface area contributed by atoms with E-state index < -0.39 is 7.37 Å². The molecular weight excluding hydrogens is 151 g/mol. The van der Waals surface area contributed by atoms with Crippen LogP contribution in [0.5, 0.6) is 0 Å². The van der Waals surface area contributed by atoms with Crippen LogP contribution in [-0.4, -0.2) is 55.0 Å². The summed E-state index contributed by atoms with van der Waals surface area (Å²) in [5, 5.41) is 0. The molecule has 2 nitrogen and oxygen atoms in total. The molecule has 0 bridgehead atoms. The first-order valence-electron chi connectivity index (χ1n) is 2.43. The van der Waals surface area contributed by atoms with E-state index in [1.807, 2.05) is 0 Å². The van der Waals surface area contributed by atoms with Crippen molar-refractivity contribution in [2.75, 3.05) is 12.3 Å². The fraction of sp³-hybridized carbons (Fsp3) is 1.00. The third kappa shape index (κ3) is 5.58. The van der Waals surface area contributed by atoms with Crippen molar-refractivity contribution >= 4 is 45.1 Å². The van der Waals surface area contributed by atoms with E-state index in [1.165, 1.54) is 0 Å². The van der Waals surface area contributed by atoms with Crippen LogP contribution in [-0.2, 0) is 4.57 Å². The van der Waals surface area contributed by atoms with Gasteiger partial charge >= 0.3 is 37.7 Å². The van der Waals surface area contributed by atoms with Crippen LogP contribution < -0.4 is 0 Å². The van der Waals surface area contributed by atoms with Gasteiger partial charge in [0.2, 0.25) is 0 Å². The van der Waals surface area contributed by atoms with Crippen molar-refractivity contribution in [1.29, 1.82) is 0 Å². The molecule has 0 rings (SSSR count). The van der Waals surface area contributed by atoms with Crippen molar-refractivity contribution in [2.24, 2.45) is 0 Å². The molecule has 0 aliphatic carbocycles. The van der Waals surface area contributed by atoms with Crippen molar-refractivity contribution in [3.05, 3.63) is 0 Å². The molecule has 0 aromatic heterocycles. The quantitative estimate of drug-likeness (QED) is 0.491. The molecule has 0 saturated heterocycles. The smallest absolute Gasteiger partial charge is 1.00 e. The molecule has 0 aromatic carbocycles. The first kappa shape index (κ1) is 12.2.